The van der Waals surface area contributed by atoms with Crippen LogP contribution < -0.4 is 11.3 Å². The summed E-state index contributed by atoms with van der Waals surface area (Å²) in [4.78, 5) is 4.19. The quantitative estimate of drug-likeness (QED) is 0.774. The van der Waals surface area contributed by atoms with Crippen LogP contribution >= 0.6 is 11.6 Å². The Hall–Kier alpha value is -0.775. The van der Waals surface area contributed by atoms with E-state index in [0.29, 0.717) is 16.3 Å². The molecule has 0 bridgehead atoms. The number of halogens is 1. The maximum absolute atomic E-state index is 6.11. The van der Waals surface area contributed by atoms with Gasteiger partial charge in [0.15, 0.2) is 0 Å². The molecule has 0 spiro atoms. The van der Waals surface area contributed by atoms with Crippen LogP contribution in [0.2, 0.25) is 5.02 Å². The monoisotopic (exact) mass is 254 g/mol. The van der Waals surface area contributed by atoms with E-state index in [1.54, 1.807) is 12.3 Å². The van der Waals surface area contributed by atoms with Crippen molar-refractivity contribution in [3.05, 3.63) is 17.3 Å². The molecule has 0 atom stereocenters. The first kappa shape index (κ1) is 12.7. The number of nitrogens with two attached hydrogens (primary N) is 1. The zero-order valence-electron chi connectivity index (χ0n) is 10.5. The Morgan fingerprint density at radius 2 is 1.76 bits per heavy atom. The molecular weight excluding hydrogens is 238 g/mol. The first-order chi connectivity index (χ1) is 7.74. The van der Waals surface area contributed by atoms with E-state index in [9.17, 15) is 0 Å². The molecule has 0 aromatic carbocycles. The topological polar surface area (TPSA) is 57.4 Å². The van der Waals surface area contributed by atoms with Gasteiger partial charge < -0.3 is 15.0 Å². The molecule has 1 saturated heterocycles. The number of hydrogen-bond donors (Lipinski definition) is 1. The molecule has 1 aromatic rings. The number of anilines is 1. The zero-order valence-corrected chi connectivity index (χ0v) is 11.2. The van der Waals surface area contributed by atoms with Crippen LogP contribution in [0.5, 0.6) is 0 Å². The van der Waals surface area contributed by atoms with Crippen molar-refractivity contribution < 1.29 is 9.31 Å². The van der Waals surface area contributed by atoms with Gasteiger partial charge >= 0.3 is 7.12 Å². The second-order valence-corrected chi connectivity index (χ2v) is 5.57. The molecule has 1 aliphatic rings. The Labute approximate surface area is 107 Å². The van der Waals surface area contributed by atoms with Gasteiger partial charge in [0.25, 0.3) is 0 Å². The molecule has 2 heterocycles. The highest BCUT2D eigenvalue weighted by Gasteiger charge is 2.53. The van der Waals surface area contributed by atoms with E-state index in [2.05, 4.69) is 4.98 Å². The molecule has 1 fully saturated rings. The number of nitrogens with zero attached hydrogens (tertiary/aromatic N) is 1. The van der Waals surface area contributed by atoms with Crippen molar-refractivity contribution >= 4 is 30.0 Å². The van der Waals surface area contributed by atoms with Gasteiger partial charge in [0.1, 0.15) is 0 Å². The molecular formula is C11H16BClN2O2. The molecule has 4 nitrogen and oxygen atoms in total. The molecule has 0 amide bonds. The molecule has 2 N–H and O–H groups in total. The molecule has 0 aliphatic carbocycles. The Balaban J connectivity index is 2.36. The number of hydrogen-bond acceptors (Lipinski definition) is 4. The second-order valence-electron chi connectivity index (χ2n) is 5.19. The van der Waals surface area contributed by atoms with Crippen molar-refractivity contribution in [3.63, 3.8) is 0 Å². The Bertz CT molecular complexity index is 435. The van der Waals surface area contributed by atoms with E-state index >= 15 is 0 Å². The number of aromatic nitrogens is 1. The van der Waals surface area contributed by atoms with E-state index in [0.717, 1.165) is 0 Å². The highest BCUT2D eigenvalue weighted by molar-refractivity contribution is 6.65. The lowest BCUT2D eigenvalue weighted by atomic mass is 9.84. The van der Waals surface area contributed by atoms with E-state index in [-0.39, 0.29) is 0 Å². The maximum atomic E-state index is 6.11. The number of rotatable bonds is 1. The summed E-state index contributed by atoms with van der Waals surface area (Å²) in [5, 5.41) is 0.394. The van der Waals surface area contributed by atoms with Gasteiger partial charge in [0.05, 0.1) is 27.5 Å². The zero-order chi connectivity index (χ0) is 12.8. The third-order valence-electron chi connectivity index (χ3n) is 3.42. The molecule has 0 radical (unpaired) electrons. The van der Waals surface area contributed by atoms with Crippen LogP contribution in [0.1, 0.15) is 27.7 Å². The minimum atomic E-state index is -0.573. The van der Waals surface area contributed by atoms with Crippen molar-refractivity contribution in [1.29, 1.82) is 0 Å². The molecule has 17 heavy (non-hydrogen) atoms. The molecule has 6 heteroatoms. The summed E-state index contributed by atoms with van der Waals surface area (Å²) < 4.78 is 11.7. The summed E-state index contributed by atoms with van der Waals surface area (Å²) in [5.41, 5.74) is 5.93. The van der Waals surface area contributed by atoms with Crippen molar-refractivity contribution in [1.82, 2.24) is 4.98 Å². The van der Waals surface area contributed by atoms with Gasteiger partial charge in [-0.3, -0.25) is 4.98 Å². The van der Waals surface area contributed by atoms with Gasteiger partial charge in [-0.1, -0.05) is 11.6 Å². The fourth-order valence-electron chi connectivity index (χ4n) is 1.59. The lowest BCUT2D eigenvalue weighted by molar-refractivity contribution is 0.00578. The van der Waals surface area contributed by atoms with Crippen LogP contribution in [0.15, 0.2) is 12.3 Å². The van der Waals surface area contributed by atoms with Crippen LogP contribution in [0.4, 0.5) is 5.69 Å². The van der Waals surface area contributed by atoms with E-state index in [1.165, 1.54) is 0 Å². The molecule has 1 aromatic heterocycles. The summed E-state index contributed by atoms with van der Waals surface area (Å²) in [6, 6.07) is 1.65. The van der Waals surface area contributed by atoms with E-state index < -0.39 is 18.3 Å². The highest BCUT2D eigenvalue weighted by atomic mass is 35.5. The summed E-state index contributed by atoms with van der Waals surface area (Å²) in [6.07, 6.45) is 1.60. The fraction of sp³-hybridized carbons (Fsp3) is 0.545. The second kappa shape index (κ2) is 3.87. The number of nitrogen functional groups attached to an aromatic ring is 1. The molecule has 0 unspecified atom stereocenters. The van der Waals surface area contributed by atoms with Crippen molar-refractivity contribution in [2.24, 2.45) is 0 Å². The van der Waals surface area contributed by atoms with Crippen molar-refractivity contribution in [3.8, 4) is 0 Å². The summed E-state index contributed by atoms with van der Waals surface area (Å²) in [7, 11) is -0.573. The van der Waals surface area contributed by atoms with Gasteiger partial charge in [0, 0.05) is 6.20 Å². The summed E-state index contributed by atoms with van der Waals surface area (Å²) in [6.45, 7) is 7.92. The fourth-order valence-corrected chi connectivity index (χ4v) is 1.80. The van der Waals surface area contributed by atoms with E-state index in [1.807, 2.05) is 27.7 Å². The molecule has 2 rings (SSSR count). The van der Waals surface area contributed by atoms with Crippen molar-refractivity contribution in [2.75, 3.05) is 5.73 Å². The van der Waals surface area contributed by atoms with Crippen LogP contribution in [-0.4, -0.2) is 23.3 Å². The van der Waals surface area contributed by atoms with Crippen LogP contribution in [0.25, 0.3) is 0 Å². The first-order valence-electron chi connectivity index (χ1n) is 5.50. The van der Waals surface area contributed by atoms with Gasteiger partial charge in [-0.05, 0) is 33.8 Å². The SMILES string of the molecule is CC1(C)OB(c2nccc(N)c2Cl)OC1(C)C. The molecule has 1 aliphatic heterocycles. The predicted octanol–water partition coefficient (Wildman–Crippen LogP) is 1.62. The van der Waals surface area contributed by atoms with Gasteiger partial charge in [-0.2, -0.15) is 0 Å². The normalized spacial score (nSPS) is 21.8. The highest BCUT2D eigenvalue weighted by Crippen LogP contribution is 2.37. The lowest BCUT2D eigenvalue weighted by Crippen LogP contribution is -2.41. The smallest absolute Gasteiger partial charge is 0.398 e. The predicted molar refractivity (Wildman–Crippen MR) is 69.4 cm³/mol. The standard InChI is InChI=1S/C11H16BClN2O2/c1-10(2)11(3,4)17-12(16-10)9-8(13)7(14)5-6-15-9/h5-6H,1-4H3,(H2,14,15). The van der Waals surface area contributed by atoms with Crippen LogP contribution in [0, 0.1) is 0 Å². The van der Waals surface area contributed by atoms with Gasteiger partial charge in [-0.25, -0.2) is 0 Å². The maximum Gasteiger partial charge on any atom is 0.516 e. The van der Waals surface area contributed by atoms with Crippen LogP contribution in [-0.2, 0) is 9.31 Å². The Morgan fingerprint density at radius 3 is 2.29 bits per heavy atom. The first-order valence-corrected chi connectivity index (χ1v) is 5.88. The average Bonchev–Trinajstić information content (AvgIpc) is 2.40. The van der Waals surface area contributed by atoms with Gasteiger partial charge in [0.2, 0.25) is 0 Å². The minimum Gasteiger partial charge on any atom is -0.398 e. The Kier molecular flexibility index (Phi) is 2.88. The third-order valence-corrected chi connectivity index (χ3v) is 3.83. The third kappa shape index (κ3) is 2.03. The average molecular weight is 255 g/mol. The minimum absolute atomic E-state index is 0.394. The lowest BCUT2D eigenvalue weighted by Gasteiger charge is -2.32. The summed E-state index contributed by atoms with van der Waals surface area (Å²) >= 11 is 6.11. The van der Waals surface area contributed by atoms with Gasteiger partial charge in [-0.15, -0.1) is 0 Å². The summed E-state index contributed by atoms with van der Waals surface area (Å²) in [5.74, 6) is 0. The Morgan fingerprint density at radius 1 is 1.24 bits per heavy atom. The van der Waals surface area contributed by atoms with Crippen molar-refractivity contribution in [2.45, 2.75) is 38.9 Å². The van der Waals surface area contributed by atoms with Crippen LogP contribution in [0.3, 0.4) is 0 Å². The molecule has 0 saturated carbocycles. The largest absolute Gasteiger partial charge is 0.516 e. The molecule has 92 valence electrons. The number of pyridine rings is 1. The van der Waals surface area contributed by atoms with E-state index in [4.69, 9.17) is 26.6 Å².